The molecule has 0 aromatic heterocycles. The van der Waals surface area contributed by atoms with Crippen LogP contribution in [0.3, 0.4) is 0 Å². The minimum absolute atomic E-state index is 0.212. The van der Waals surface area contributed by atoms with Crippen molar-refractivity contribution in [3.8, 4) is 5.75 Å². The second-order valence-corrected chi connectivity index (χ2v) is 4.79. The number of carboxylic acid groups (broad SMARTS) is 1. The van der Waals surface area contributed by atoms with Gasteiger partial charge in [0.2, 0.25) is 0 Å². The number of halogens is 1. The molecule has 0 unspecified atom stereocenters. The smallest absolute Gasteiger partial charge is 0.326 e. The van der Waals surface area contributed by atoms with Gasteiger partial charge in [-0.25, -0.2) is 4.79 Å². The summed E-state index contributed by atoms with van der Waals surface area (Å²) >= 11 is 5.86. The second kappa shape index (κ2) is 6.43. The van der Waals surface area contributed by atoms with Crippen LogP contribution in [0.2, 0.25) is 5.02 Å². The number of aliphatic carboxylic acids is 1. The van der Waals surface area contributed by atoms with Gasteiger partial charge in [0.15, 0.2) is 0 Å². The van der Waals surface area contributed by atoms with Gasteiger partial charge in [-0.05, 0) is 24.1 Å². The summed E-state index contributed by atoms with van der Waals surface area (Å²) < 4.78 is 5.01. The average Bonchev–Trinajstić information content (AvgIpc) is 2.35. The van der Waals surface area contributed by atoms with Crippen molar-refractivity contribution >= 4 is 23.5 Å². The van der Waals surface area contributed by atoms with Crippen LogP contribution in [0.25, 0.3) is 0 Å². The van der Waals surface area contributed by atoms with E-state index < -0.39 is 17.9 Å². The molecule has 1 aromatic carbocycles. The molecule has 1 aromatic rings. The van der Waals surface area contributed by atoms with Gasteiger partial charge in [-0.1, -0.05) is 25.4 Å². The fraction of sp³-hybridized carbons (Fsp3) is 0.385. The molecule has 0 aliphatic heterocycles. The third-order valence-electron chi connectivity index (χ3n) is 2.63. The molecule has 0 aliphatic carbocycles. The Bertz CT molecular complexity index is 488. The van der Waals surface area contributed by atoms with Crippen LogP contribution in [-0.4, -0.2) is 30.1 Å². The summed E-state index contributed by atoms with van der Waals surface area (Å²) in [6.07, 6.45) is 0. The van der Waals surface area contributed by atoms with E-state index >= 15 is 0 Å². The van der Waals surface area contributed by atoms with Crippen molar-refractivity contribution in [1.29, 1.82) is 0 Å². The molecule has 19 heavy (non-hydrogen) atoms. The Morgan fingerprint density at radius 2 is 2.00 bits per heavy atom. The zero-order chi connectivity index (χ0) is 14.6. The average molecular weight is 286 g/mol. The van der Waals surface area contributed by atoms with Crippen molar-refractivity contribution in [1.82, 2.24) is 5.32 Å². The van der Waals surface area contributed by atoms with Crippen molar-refractivity contribution in [2.75, 3.05) is 7.11 Å². The molecule has 1 atom stereocenters. The molecule has 0 fully saturated rings. The lowest BCUT2D eigenvalue weighted by atomic mass is 10.0. The zero-order valence-electron chi connectivity index (χ0n) is 10.9. The molecule has 0 saturated carbocycles. The minimum Gasteiger partial charge on any atom is -0.495 e. The highest BCUT2D eigenvalue weighted by Gasteiger charge is 2.24. The van der Waals surface area contributed by atoms with Crippen molar-refractivity contribution in [3.63, 3.8) is 0 Å². The molecule has 1 amide bonds. The SMILES string of the molecule is COc1cc(C(=O)N[C@@H](C(=O)O)C(C)C)ccc1Cl. The number of methoxy groups -OCH3 is 1. The van der Waals surface area contributed by atoms with Crippen LogP contribution < -0.4 is 10.1 Å². The van der Waals surface area contributed by atoms with Crippen LogP contribution in [-0.2, 0) is 4.79 Å². The number of carbonyl (C=O) groups excluding carboxylic acids is 1. The summed E-state index contributed by atoms with van der Waals surface area (Å²) in [5, 5.41) is 11.9. The number of hydrogen-bond acceptors (Lipinski definition) is 3. The molecule has 1 rings (SSSR count). The van der Waals surface area contributed by atoms with E-state index in [1.54, 1.807) is 13.8 Å². The molecule has 104 valence electrons. The Balaban J connectivity index is 2.91. The van der Waals surface area contributed by atoms with Crippen LogP contribution in [0.1, 0.15) is 24.2 Å². The third kappa shape index (κ3) is 3.86. The Morgan fingerprint density at radius 1 is 1.37 bits per heavy atom. The van der Waals surface area contributed by atoms with E-state index in [1.165, 1.54) is 25.3 Å². The summed E-state index contributed by atoms with van der Waals surface area (Å²) in [6.45, 7) is 3.45. The highest BCUT2D eigenvalue weighted by molar-refractivity contribution is 6.32. The molecule has 6 heteroatoms. The molecule has 0 heterocycles. The Morgan fingerprint density at radius 3 is 2.47 bits per heavy atom. The van der Waals surface area contributed by atoms with E-state index in [9.17, 15) is 9.59 Å². The molecular formula is C13H16ClNO4. The maximum atomic E-state index is 12.0. The molecule has 0 aliphatic rings. The summed E-state index contributed by atoms with van der Waals surface area (Å²) in [4.78, 5) is 23.0. The minimum atomic E-state index is -1.07. The number of carbonyl (C=O) groups is 2. The number of nitrogens with one attached hydrogen (secondary N) is 1. The van der Waals surface area contributed by atoms with Gasteiger partial charge in [-0.15, -0.1) is 0 Å². The fourth-order valence-corrected chi connectivity index (χ4v) is 1.73. The zero-order valence-corrected chi connectivity index (χ0v) is 11.7. The lowest BCUT2D eigenvalue weighted by Crippen LogP contribution is -2.44. The lowest BCUT2D eigenvalue weighted by molar-refractivity contribution is -0.140. The first-order valence-electron chi connectivity index (χ1n) is 5.74. The van der Waals surface area contributed by atoms with Crippen LogP contribution >= 0.6 is 11.6 Å². The van der Waals surface area contributed by atoms with Crippen LogP contribution in [0, 0.1) is 5.92 Å². The largest absolute Gasteiger partial charge is 0.495 e. The van der Waals surface area contributed by atoms with Gasteiger partial charge in [0.05, 0.1) is 12.1 Å². The van der Waals surface area contributed by atoms with Crippen molar-refractivity contribution in [2.45, 2.75) is 19.9 Å². The first-order chi connectivity index (χ1) is 8.86. The first kappa shape index (κ1) is 15.3. The summed E-state index contributed by atoms with van der Waals surface area (Å²) in [6, 6.07) is 3.57. The number of rotatable bonds is 5. The summed E-state index contributed by atoms with van der Waals surface area (Å²) in [5.74, 6) is -1.39. The molecule has 0 spiro atoms. The van der Waals surface area contributed by atoms with Crippen LogP contribution in [0.15, 0.2) is 18.2 Å². The van der Waals surface area contributed by atoms with Gasteiger partial charge in [0.25, 0.3) is 5.91 Å². The van der Waals surface area contributed by atoms with Gasteiger partial charge in [0, 0.05) is 5.56 Å². The monoisotopic (exact) mass is 285 g/mol. The molecule has 0 radical (unpaired) electrons. The molecule has 5 nitrogen and oxygen atoms in total. The second-order valence-electron chi connectivity index (χ2n) is 4.38. The molecule has 2 N–H and O–H groups in total. The predicted octanol–water partition coefficient (Wildman–Crippen LogP) is 2.19. The lowest BCUT2D eigenvalue weighted by Gasteiger charge is -2.18. The van der Waals surface area contributed by atoms with Gasteiger partial charge in [-0.3, -0.25) is 4.79 Å². The topological polar surface area (TPSA) is 75.6 Å². The van der Waals surface area contributed by atoms with Crippen molar-refractivity contribution < 1.29 is 19.4 Å². The van der Waals surface area contributed by atoms with Gasteiger partial charge >= 0.3 is 5.97 Å². The van der Waals surface area contributed by atoms with Gasteiger partial charge in [-0.2, -0.15) is 0 Å². The molecule has 0 bridgehead atoms. The van der Waals surface area contributed by atoms with Crippen LogP contribution in [0.5, 0.6) is 5.75 Å². The first-order valence-corrected chi connectivity index (χ1v) is 6.11. The molecule has 0 saturated heterocycles. The van der Waals surface area contributed by atoms with Crippen molar-refractivity contribution in [3.05, 3.63) is 28.8 Å². The normalized spacial score (nSPS) is 12.1. The fourth-order valence-electron chi connectivity index (χ4n) is 1.54. The maximum absolute atomic E-state index is 12.0. The predicted molar refractivity (Wildman–Crippen MR) is 71.7 cm³/mol. The number of hydrogen-bond donors (Lipinski definition) is 2. The van der Waals surface area contributed by atoms with E-state index in [2.05, 4.69) is 5.32 Å². The standard InChI is InChI=1S/C13H16ClNO4/c1-7(2)11(13(17)18)15-12(16)8-4-5-9(14)10(6-8)19-3/h4-7,11H,1-3H3,(H,15,16)(H,17,18)/t11-/m1/s1. The van der Waals surface area contributed by atoms with Gasteiger partial charge < -0.3 is 15.2 Å². The van der Waals surface area contributed by atoms with E-state index in [0.29, 0.717) is 16.3 Å². The van der Waals surface area contributed by atoms with Crippen LogP contribution in [0.4, 0.5) is 0 Å². The van der Waals surface area contributed by atoms with E-state index in [1.807, 2.05) is 0 Å². The van der Waals surface area contributed by atoms with Gasteiger partial charge in [0.1, 0.15) is 11.8 Å². The number of benzene rings is 1. The number of amides is 1. The van der Waals surface area contributed by atoms with Crippen molar-refractivity contribution in [2.24, 2.45) is 5.92 Å². The molecular weight excluding hydrogens is 270 g/mol. The highest BCUT2D eigenvalue weighted by Crippen LogP contribution is 2.25. The summed E-state index contributed by atoms with van der Waals surface area (Å²) in [5.41, 5.74) is 0.299. The highest BCUT2D eigenvalue weighted by atomic mass is 35.5. The van der Waals surface area contributed by atoms with E-state index in [4.69, 9.17) is 21.4 Å². The number of carboxylic acids is 1. The Labute approximate surface area is 116 Å². The summed E-state index contributed by atoms with van der Waals surface area (Å²) in [7, 11) is 1.44. The number of ether oxygens (including phenoxy) is 1. The van der Waals surface area contributed by atoms with E-state index in [0.717, 1.165) is 0 Å². The third-order valence-corrected chi connectivity index (χ3v) is 2.94. The maximum Gasteiger partial charge on any atom is 0.326 e. The Kier molecular flexibility index (Phi) is 5.18. The Hall–Kier alpha value is -1.75. The van der Waals surface area contributed by atoms with E-state index in [-0.39, 0.29) is 5.92 Å². The quantitative estimate of drug-likeness (QED) is 0.869.